The fraction of sp³-hybridized carbons (Fsp3) is 1.00. The third-order valence-electron chi connectivity index (χ3n) is 2.21. The van der Waals surface area contributed by atoms with E-state index in [1.807, 2.05) is 0 Å². The average Bonchev–Trinajstić information content (AvgIpc) is 2.14. The molecule has 0 spiro atoms. The Morgan fingerprint density at radius 3 is 2.08 bits per heavy atom. The standard InChI is InChI=1S/C9H18ClN.ClH/c1-9(10)8-11-6-4-2-3-5-7-11;/h9H,2-8H2,1H3;1H. The van der Waals surface area contributed by atoms with Gasteiger partial charge >= 0.3 is 0 Å². The van der Waals surface area contributed by atoms with Gasteiger partial charge in [-0.3, -0.25) is 0 Å². The van der Waals surface area contributed by atoms with Crippen LogP contribution in [0, 0.1) is 0 Å². The van der Waals surface area contributed by atoms with Gasteiger partial charge in [-0.15, -0.1) is 24.0 Å². The summed E-state index contributed by atoms with van der Waals surface area (Å²) in [7, 11) is 0. The highest BCUT2D eigenvalue weighted by Crippen LogP contribution is 2.10. The lowest BCUT2D eigenvalue weighted by molar-refractivity contribution is 0.288. The van der Waals surface area contributed by atoms with Gasteiger partial charge in [-0.25, -0.2) is 0 Å². The van der Waals surface area contributed by atoms with Crippen LogP contribution in [0.3, 0.4) is 0 Å². The monoisotopic (exact) mass is 211 g/mol. The first kappa shape index (κ1) is 12.5. The molecule has 0 N–H and O–H groups in total. The third-order valence-corrected chi connectivity index (χ3v) is 2.35. The first-order valence-corrected chi connectivity index (χ1v) is 5.09. The Balaban J connectivity index is 0.00000121. The van der Waals surface area contributed by atoms with E-state index in [0.29, 0.717) is 5.38 Å². The van der Waals surface area contributed by atoms with Gasteiger partial charge in [0.15, 0.2) is 0 Å². The molecule has 1 saturated heterocycles. The van der Waals surface area contributed by atoms with Crippen LogP contribution in [0.15, 0.2) is 0 Å². The minimum absolute atomic E-state index is 0. The molecule has 3 heteroatoms. The Kier molecular flexibility index (Phi) is 7.31. The fourth-order valence-corrected chi connectivity index (χ4v) is 1.87. The van der Waals surface area contributed by atoms with E-state index in [9.17, 15) is 0 Å². The summed E-state index contributed by atoms with van der Waals surface area (Å²) >= 11 is 5.92. The zero-order chi connectivity index (χ0) is 8.10. The Morgan fingerprint density at radius 2 is 1.67 bits per heavy atom. The molecule has 1 aliphatic heterocycles. The molecule has 0 saturated carbocycles. The SMILES string of the molecule is CC(Cl)CN1CCCCCC1.Cl. The van der Waals surface area contributed by atoms with Gasteiger partial charge in [0.05, 0.1) is 0 Å². The highest BCUT2D eigenvalue weighted by molar-refractivity contribution is 6.20. The van der Waals surface area contributed by atoms with Gasteiger partial charge in [-0.2, -0.15) is 0 Å². The average molecular weight is 212 g/mol. The molecule has 0 aromatic carbocycles. The fourth-order valence-electron chi connectivity index (χ4n) is 1.67. The normalized spacial score (nSPS) is 22.5. The van der Waals surface area contributed by atoms with E-state index in [-0.39, 0.29) is 12.4 Å². The summed E-state index contributed by atoms with van der Waals surface area (Å²) in [6.45, 7) is 5.67. The van der Waals surface area contributed by atoms with Crippen molar-refractivity contribution < 1.29 is 0 Å². The van der Waals surface area contributed by atoms with Crippen molar-refractivity contribution in [1.82, 2.24) is 4.90 Å². The van der Waals surface area contributed by atoms with Crippen molar-refractivity contribution in [3.8, 4) is 0 Å². The summed E-state index contributed by atoms with van der Waals surface area (Å²) < 4.78 is 0. The van der Waals surface area contributed by atoms with Crippen molar-refractivity contribution in [3.05, 3.63) is 0 Å². The summed E-state index contributed by atoms with van der Waals surface area (Å²) in [6.07, 6.45) is 5.55. The lowest BCUT2D eigenvalue weighted by Crippen LogP contribution is -2.29. The van der Waals surface area contributed by atoms with Crippen molar-refractivity contribution in [2.75, 3.05) is 19.6 Å². The van der Waals surface area contributed by atoms with Crippen LogP contribution in [0.25, 0.3) is 0 Å². The highest BCUT2D eigenvalue weighted by Gasteiger charge is 2.10. The molecule has 74 valence electrons. The van der Waals surface area contributed by atoms with E-state index in [0.717, 1.165) is 6.54 Å². The minimum Gasteiger partial charge on any atom is -0.302 e. The van der Waals surface area contributed by atoms with Gasteiger partial charge < -0.3 is 4.90 Å². The lowest BCUT2D eigenvalue weighted by atomic mass is 10.2. The molecule has 1 atom stereocenters. The summed E-state index contributed by atoms with van der Waals surface area (Å²) in [6, 6.07) is 0. The van der Waals surface area contributed by atoms with Crippen LogP contribution in [0.1, 0.15) is 32.6 Å². The predicted octanol–water partition coefficient (Wildman–Crippen LogP) is 2.91. The van der Waals surface area contributed by atoms with Crippen LogP contribution in [0.4, 0.5) is 0 Å². The number of nitrogens with zero attached hydrogens (tertiary/aromatic N) is 1. The second kappa shape index (κ2) is 6.99. The number of hydrogen-bond donors (Lipinski definition) is 0. The van der Waals surface area contributed by atoms with Gasteiger partial charge in [0, 0.05) is 11.9 Å². The summed E-state index contributed by atoms with van der Waals surface area (Å²) in [5.41, 5.74) is 0. The molecule has 0 aliphatic carbocycles. The van der Waals surface area contributed by atoms with Crippen LogP contribution >= 0.6 is 24.0 Å². The first-order chi connectivity index (χ1) is 5.29. The number of likely N-dealkylation sites (tertiary alicyclic amines) is 1. The second-order valence-corrected chi connectivity index (χ2v) is 4.24. The largest absolute Gasteiger partial charge is 0.302 e. The second-order valence-electron chi connectivity index (χ2n) is 3.50. The molecular weight excluding hydrogens is 193 g/mol. The van der Waals surface area contributed by atoms with E-state index >= 15 is 0 Å². The summed E-state index contributed by atoms with van der Waals surface area (Å²) in [4.78, 5) is 2.49. The molecule has 12 heavy (non-hydrogen) atoms. The van der Waals surface area contributed by atoms with Gasteiger partial charge in [-0.1, -0.05) is 12.8 Å². The quantitative estimate of drug-likeness (QED) is 0.636. The Bertz CT molecular complexity index is 98.7. The Morgan fingerprint density at radius 1 is 1.17 bits per heavy atom. The molecule has 1 unspecified atom stereocenters. The Hall–Kier alpha value is 0.540. The molecule has 1 nitrogen and oxygen atoms in total. The smallest absolute Gasteiger partial charge is 0.0435 e. The molecule has 0 amide bonds. The van der Waals surface area contributed by atoms with Crippen molar-refractivity contribution >= 4 is 24.0 Å². The zero-order valence-electron chi connectivity index (χ0n) is 7.76. The number of hydrogen-bond acceptors (Lipinski definition) is 1. The molecule has 0 bridgehead atoms. The predicted molar refractivity (Wildman–Crippen MR) is 57.5 cm³/mol. The van der Waals surface area contributed by atoms with Crippen LogP contribution in [0.2, 0.25) is 0 Å². The summed E-state index contributed by atoms with van der Waals surface area (Å²) in [5, 5.41) is 0.313. The maximum atomic E-state index is 5.92. The topological polar surface area (TPSA) is 3.24 Å². The van der Waals surface area contributed by atoms with E-state index in [1.54, 1.807) is 0 Å². The van der Waals surface area contributed by atoms with Crippen molar-refractivity contribution in [3.63, 3.8) is 0 Å². The first-order valence-electron chi connectivity index (χ1n) is 4.65. The lowest BCUT2D eigenvalue weighted by Gasteiger charge is -2.20. The van der Waals surface area contributed by atoms with Crippen molar-refractivity contribution in [1.29, 1.82) is 0 Å². The summed E-state index contributed by atoms with van der Waals surface area (Å²) in [5.74, 6) is 0. The van der Waals surface area contributed by atoms with Crippen LogP contribution in [-0.2, 0) is 0 Å². The third kappa shape index (κ3) is 5.23. The number of alkyl halides is 1. The van der Waals surface area contributed by atoms with Gasteiger partial charge in [0.25, 0.3) is 0 Å². The van der Waals surface area contributed by atoms with E-state index in [1.165, 1.54) is 38.8 Å². The zero-order valence-corrected chi connectivity index (χ0v) is 9.33. The molecule has 1 rings (SSSR count). The van der Waals surface area contributed by atoms with Crippen LogP contribution < -0.4 is 0 Å². The molecular formula is C9H19Cl2N. The van der Waals surface area contributed by atoms with Crippen molar-refractivity contribution in [2.24, 2.45) is 0 Å². The Labute approximate surface area is 86.9 Å². The number of halogens is 2. The van der Waals surface area contributed by atoms with E-state index in [2.05, 4.69) is 11.8 Å². The maximum Gasteiger partial charge on any atom is 0.0435 e. The van der Waals surface area contributed by atoms with E-state index < -0.39 is 0 Å². The van der Waals surface area contributed by atoms with E-state index in [4.69, 9.17) is 11.6 Å². The maximum absolute atomic E-state index is 5.92. The highest BCUT2D eigenvalue weighted by atomic mass is 35.5. The van der Waals surface area contributed by atoms with Gasteiger partial charge in [-0.05, 0) is 32.9 Å². The molecule has 0 aromatic rings. The van der Waals surface area contributed by atoms with Gasteiger partial charge in [0.2, 0.25) is 0 Å². The number of rotatable bonds is 2. The molecule has 0 aromatic heterocycles. The van der Waals surface area contributed by atoms with Crippen LogP contribution in [-0.4, -0.2) is 29.9 Å². The van der Waals surface area contributed by atoms with Crippen molar-refractivity contribution in [2.45, 2.75) is 38.0 Å². The molecule has 1 fully saturated rings. The van der Waals surface area contributed by atoms with Crippen LogP contribution in [0.5, 0.6) is 0 Å². The molecule has 0 radical (unpaired) electrons. The molecule has 1 aliphatic rings. The van der Waals surface area contributed by atoms with Gasteiger partial charge in [0.1, 0.15) is 0 Å². The molecule has 1 heterocycles. The minimum atomic E-state index is 0.